The number of anilines is 3. The maximum atomic E-state index is 13.2. The lowest BCUT2D eigenvalue weighted by Gasteiger charge is -2.23. The van der Waals surface area contributed by atoms with Gasteiger partial charge in [-0.3, -0.25) is 19.5 Å². The van der Waals surface area contributed by atoms with Gasteiger partial charge in [-0.1, -0.05) is 30.3 Å². The summed E-state index contributed by atoms with van der Waals surface area (Å²) in [6, 6.07) is 22.6. The molecule has 0 saturated heterocycles. The van der Waals surface area contributed by atoms with Gasteiger partial charge in [-0.15, -0.1) is 5.10 Å². The van der Waals surface area contributed by atoms with E-state index in [4.69, 9.17) is 4.74 Å². The van der Waals surface area contributed by atoms with Crippen LogP contribution >= 0.6 is 0 Å². The van der Waals surface area contributed by atoms with E-state index in [1.165, 1.54) is 0 Å². The number of aromatic nitrogens is 5. The van der Waals surface area contributed by atoms with Crippen LogP contribution in [0, 0.1) is 0 Å². The van der Waals surface area contributed by atoms with Gasteiger partial charge in [0.2, 0.25) is 11.8 Å². The summed E-state index contributed by atoms with van der Waals surface area (Å²) in [6.07, 6.45) is 2.64. The molecule has 0 unspecified atom stereocenters. The predicted molar refractivity (Wildman–Crippen MR) is 142 cm³/mol. The molecule has 0 aliphatic carbocycles. The summed E-state index contributed by atoms with van der Waals surface area (Å²) in [6.45, 7) is 0. The van der Waals surface area contributed by atoms with Crippen LogP contribution < -0.4 is 15.0 Å². The molecule has 0 fully saturated rings. The van der Waals surface area contributed by atoms with Crippen LogP contribution in [0.3, 0.4) is 0 Å². The summed E-state index contributed by atoms with van der Waals surface area (Å²) in [5.41, 5.74) is 3.46. The van der Waals surface area contributed by atoms with Gasteiger partial charge in [0.05, 0.1) is 29.9 Å². The lowest BCUT2D eigenvalue weighted by Crippen LogP contribution is -2.26. The van der Waals surface area contributed by atoms with Gasteiger partial charge in [-0.05, 0) is 58.3 Å². The highest BCUT2D eigenvalue weighted by Gasteiger charge is 2.28. The summed E-state index contributed by atoms with van der Waals surface area (Å²) in [4.78, 5) is 31.7. The first-order valence-corrected chi connectivity index (χ1v) is 12.1. The van der Waals surface area contributed by atoms with Crippen molar-refractivity contribution < 1.29 is 14.3 Å². The Balaban J connectivity index is 1.31. The minimum atomic E-state index is -0.338. The first kappa shape index (κ1) is 23.3. The van der Waals surface area contributed by atoms with Crippen LogP contribution in [0.4, 0.5) is 17.1 Å². The van der Waals surface area contributed by atoms with E-state index in [1.54, 1.807) is 22.9 Å². The molecule has 3 heterocycles. The largest absolute Gasteiger partial charge is 0.495 e. The molecule has 38 heavy (non-hydrogen) atoms. The fourth-order valence-corrected chi connectivity index (χ4v) is 4.73. The molecular formula is C28H23N7O3. The predicted octanol–water partition coefficient (Wildman–Crippen LogP) is 4.01. The Bertz CT molecular complexity index is 1660. The Labute approximate surface area is 217 Å². The number of methoxy groups -OCH3 is 1. The van der Waals surface area contributed by atoms with E-state index in [9.17, 15) is 9.59 Å². The van der Waals surface area contributed by atoms with Crippen molar-refractivity contribution in [3.63, 3.8) is 0 Å². The van der Waals surface area contributed by atoms with Crippen molar-refractivity contribution in [2.75, 3.05) is 17.3 Å². The average Bonchev–Trinajstić information content (AvgIpc) is 3.37. The number of carbonyl (C=O) groups excluding carboxylic acids is 2. The van der Waals surface area contributed by atoms with Crippen LogP contribution in [0.2, 0.25) is 0 Å². The number of nitrogens with one attached hydrogen (secondary N) is 1. The summed E-state index contributed by atoms with van der Waals surface area (Å²) < 4.78 is 7.06. The summed E-state index contributed by atoms with van der Waals surface area (Å²) in [5.74, 6) is 0.744. The fraction of sp³-hybridized carbons (Fsp3) is 0.143. The second-order valence-corrected chi connectivity index (χ2v) is 8.81. The number of benzene rings is 3. The summed E-state index contributed by atoms with van der Waals surface area (Å²) >= 11 is 0. The van der Waals surface area contributed by atoms with Crippen LogP contribution in [-0.4, -0.2) is 44.1 Å². The Morgan fingerprint density at radius 2 is 1.74 bits per heavy atom. The van der Waals surface area contributed by atoms with Crippen molar-refractivity contribution in [3.05, 3.63) is 90.5 Å². The highest BCUT2D eigenvalue weighted by Crippen LogP contribution is 2.40. The van der Waals surface area contributed by atoms with Crippen molar-refractivity contribution in [1.29, 1.82) is 0 Å². The van der Waals surface area contributed by atoms with E-state index in [1.807, 2.05) is 72.8 Å². The number of carbonyl (C=O) groups is 2. The zero-order valence-corrected chi connectivity index (χ0v) is 20.5. The van der Waals surface area contributed by atoms with E-state index in [0.717, 1.165) is 27.9 Å². The van der Waals surface area contributed by atoms with Gasteiger partial charge in [-0.25, -0.2) is 0 Å². The quantitative estimate of drug-likeness (QED) is 0.347. The third kappa shape index (κ3) is 4.21. The molecule has 0 radical (unpaired) electrons. The molecule has 1 N–H and O–H groups in total. The standard InChI is InChI=1S/C28H23N7O3/c1-38-24-7-4-16-29-22(24)13-15-25-31-32-33-35(25)20-11-9-19(10-12-20)34-23-14-8-18-5-2-3-6-21(18)28(23)30-26(36)17-27(34)37/h2-12,14,16H,13,15,17H2,1H3,(H,30,36). The topological polar surface area (TPSA) is 115 Å². The van der Waals surface area contributed by atoms with Gasteiger partial charge in [0.1, 0.15) is 12.2 Å². The van der Waals surface area contributed by atoms with Crippen molar-refractivity contribution >= 4 is 39.6 Å². The molecule has 0 spiro atoms. The van der Waals surface area contributed by atoms with Crippen molar-refractivity contribution in [3.8, 4) is 11.4 Å². The lowest BCUT2D eigenvalue weighted by molar-refractivity contribution is -0.124. The molecule has 1 aliphatic heterocycles. The number of pyridine rings is 1. The highest BCUT2D eigenvalue weighted by atomic mass is 16.5. The number of tetrazole rings is 1. The van der Waals surface area contributed by atoms with Crippen LogP contribution in [-0.2, 0) is 22.4 Å². The number of nitrogens with zero attached hydrogens (tertiary/aromatic N) is 6. The van der Waals surface area contributed by atoms with Gasteiger partial charge >= 0.3 is 0 Å². The number of ether oxygens (including phenoxy) is 1. The minimum absolute atomic E-state index is 0.251. The maximum Gasteiger partial charge on any atom is 0.241 e. The molecule has 0 bridgehead atoms. The molecule has 2 aromatic heterocycles. The SMILES string of the molecule is COc1cccnc1CCc1nnnn1-c1ccc(N2C(=O)CC(=O)Nc3c2ccc2ccccc32)cc1. The second kappa shape index (κ2) is 9.74. The average molecular weight is 506 g/mol. The van der Waals surface area contributed by atoms with Gasteiger partial charge in [0.15, 0.2) is 5.82 Å². The molecule has 2 amide bonds. The molecule has 0 saturated carbocycles. The smallest absolute Gasteiger partial charge is 0.241 e. The molecule has 3 aromatic carbocycles. The van der Waals surface area contributed by atoms with Crippen molar-refractivity contribution in [1.82, 2.24) is 25.2 Å². The van der Waals surface area contributed by atoms with Crippen LogP contribution in [0.25, 0.3) is 16.5 Å². The number of hydrogen-bond acceptors (Lipinski definition) is 7. The van der Waals surface area contributed by atoms with E-state index < -0.39 is 0 Å². The van der Waals surface area contributed by atoms with Gasteiger partial charge in [0, 0.05) is 30.1 Å². The normalized spacial score (nSPS) is 13.2. The number of hydrogen-bond donors (Lipinski definition) is 1. The molecule has 10 nitrogen and oxygen atoms in total. The summed E-state index contributed by atoms with van der Waals surface area (Å²) in [5, 5.41) is 17.0. The van der Waals surface area contributed by atoms with E-state index >= 15 is 0 Å². The maximum absolute atomic E-state index is 13.2. The third-order valence-corrected chi connectivity index (χ3v) is 6.51. The zero-order valence-electron chi connectivity index (χ0n) is 20.5. The first-order valence-electron chi connectivity index (χ1n) is 12.1. The highest BCUT2D eigenvalue weighted by molar-refractivity contribution is 6.21. The molecule has 5 aromatic rings. The Morgan fingerprint density at radius 1 is 0.921 bits per heavy atom. The van der Waals surface area contributed by atoms with Crippen LogP contribution in [0.1, 0.15) is 17.9 Å². The van der Waals surface area contributed by atoms with Crippen LogP contribution in [0.5, 0.6) is 5.75 Å². The molecule has 1 aliphatic rings. The molecule has 0 atom stereocenters. The van der Waals surface area contributed by atoms with Gasteiger partial charge < -0.3 is 10.1 Å². The fourth-order valence-electron chi connectivity index (χ4n) is 4.73. The number of amides is 2. The number of fused-ring (bicyclic) bond motifs is 3. The van der Waals surface area contributed by atoms with Gasteiger partial charge in [-0.2, -0.15) is 4.68 Å². The van der Waals surface area contributed by atoms with Gasteiger partial charge in [0.25, 0.3) is 0 Å². The number of rotatable bonds is 6. The second-order valence-electron chi connectivity index (χ2n) is 8.81. The zero-order chi connectivity index (χ0) is 26.1. The van der Waals surface area contributed by atoms with Crippen LogP contribution in [0.15, 0.2) is 79.0 Å². The van der Waals surface area contributed by atoms with E-state index in [2.05, 4.69) is 25.8 Å². The third-order valence-electron chi connectivity index (χ3n) is 6.51. The Morgan fingerprint density at radius 3 is 2.58 bits per heavy atom. The van der Waals surface area contributed by atoms with E-state index in [-0.39, 0.29) is 18.2 Å². The minimum Gasteiger partial charge on any atom is -0.495 e. The molecule has 188 valence electrons. The monoisotopic (exact) mass is 505 g/mol. The molecule has 6 rings (SSSR count). The number of aryl methyl sites for hydroxylation is 2. The van der Waals surface area contributed by atoms with E-state index in [0.29, 0.717) is 35.7 Å². The van der Waals surface area contributed by atoms with Crippen molar-refractivity contribution in [2.24, 2.45) is 0 Å². The molecular weight excluding hydrogens is 482 g/mol. The first-order chi connectivity index (χ1) is 18.6. The Kier molecular flexibility index (Phi) is 5.97. The Hall–Kier alpha value is -5.12. The lowest BCUT2D eigenvalue weighted by atomic mass is 10.1. The summed E-state index contributed by atoms with van der Waals surface area (Å²) in [7, 11) is 1.62. The molecule has 10 heteroatoms. The van der Waals surface area contributed by atoms with Crippen molar-refractivity contribution in [2.45, 2.75) is 19.3 Å².